The van der Waals surface area contributed by atoms with Crippen LogP contribution in [0.15, 0.2) is 188 Å². The van der Waals surface area contributed by atoms with Gasteiger partial charge in [0.05, 0.1) is 16.6 Å². The van der Waals surface area contributed by atoms with Gasteiger partial charge in [-0.2, -0.15) is 0 Å². The zero-order valence-corrected chi connectivity index (χ0v) is 32.1. The van der Waals surface area contributed by atoms with Crippen LogP contribution in [-0.4, -0.2) is 27.2 Å². The van der Waals surface area contributed by atoms with Crippen molar-refractivity contribution in [2.24, 2.45) is 7.05 Å². The zero-order valence-electron chi connectivity index (χ0n) is 31.1. The molecule has 5 nitrogen and oxygen atoms in total. The minimum Gasteiger partial charge on any atom is -0.458 e. The molecule has 0 fully saturated rings. The Morgan fingerprint density at radius 3 is 2.07 bits per heavy atom. The molecule has 0 radical (unpaired) electrons. The summed E-state index contributed by atoms with van der Waals surface area (Å²) in [6.45, 7) is 0. The first-order valence-corrected chi connectivity index (χ1v) is 21.2. The van der Waals surface area contributed by atoms with Crippen molar-refractivity contribution in [3.05, 3.63) is 199 Å². The van der Waals surface area contributed by atoms with E-state index in [1.807, 2.05) is 86.0 Å². The number of nitrogens with zero attached hydrogens (tertiary/aromatic N) is 4. The minimum atomic E-state index is -2.91. The first-order valence-electron chi connectivity index (χ1n) is 19.2. The minimum absolute atomic E-state index is 0.563. The number of ether oxygens (including phenoxy) is 1. The average Bonchev–Trinajstić information content (AvgIpc) is 3.79. The van der Waals surface area contributed by atoms with E-state index < -0.39 is 14.2 Å². The Morgan fingerprint density at radius 2 is 1.28 bits per heavy atom. The third-order valence-electron chi connectivity index (χ3n) is 11.6. The molecule has 1 aliphatic rings. The number of imidazole rings is 1. The number of pyridine rings is 1. The molecule has 7 aromatic carbocycles. The first-order chi connectivity index (χ1) is 28.1. The Balaban J connectivity index is 1.10. The zero-order chi connectivity index (χ0) is 38.1. The van der Waals surface area contributed by atoms with Crippen LogP contribution in [0.5, 0.6) is 11.5 Å². The molecule has 10 aromatic rings. The van der Waals surface area contributed by atoms with Crippen molar-refractivity contribution in [1.29, 1.82) is 0 Å². The second kappa shape index (κ2) is 13.0. The quantitative estimate of drug-likeness (QED) is 0.159. The van der Waals surface area contributed by atoms with Crippen molar-refractivity contribution in [2.45, 2.75) is 6.17 Å². The molecule has 1 atom stereocenters. The Labute approximate surface area is 329 Å². The Morgan fingerprint density at radius 1 is 0.579 bits per heavy atom. The monoisotopic (exact) mass is 754 g/mol. The number of alkyl halides is 1. The molecule has 57 heavy (non-hydrogen) atoms. The smallest absolute Gasteiger partial charge is 0.188 e. The van der Waals surface area contributed by atoms with Crippen molar-refractivity contribution in [1.82, 2.24) is 19.1 Å². The van der Waals surface area contributed by atoms with Crippen LogP contribution in [0, 0.1) is 0 Å². The van der Waals surface area contributed by atoms with Crippen LogP contribution in [0.4, 0.5) is 4.39 Å². The van der Waals surface area contributed by atoms with Gasteiger partial charge in [-0.05, 0) is 92.5 Å². The van der Waals surface area contributed by atoms with Crippen molar-refractivity contribution >= 4 is 61.8 Å². The number of fused-ring (bicyclic) bond motifs is 6. The largest absolute Gasteiger partial charge is 0.458 e. The summed E-state index contributed by atoms with van der Waals surface area (Å²) in [4.78, 5) is 9.83. The standard InChI is InChI=1S/C50H35FN4OSi/c1-54-42-25-9-8-24-41(42)53-49(54)35-17-12-15-33(29-35)48(51)34-16-13-18-36(30-34)55-43-32-47-45(31-40(43)39-23-14-28-52-50(39)55)56-44-26-10-11-27-46(44)57(47,37-19-4-2-5-20-37)38-21-6-3-7-22-38/h2-32,48H,1H3. The van der Waals surface area contributed by atoms with Crippen LogP contribution >= 0.6 is 0 Å². The number of benzene rings is 7. The number of hydrogen-bond donors (Lipinski definition) is 0. The summed E-state index contributed by atoms with van der Waals surface area (Å²) in [5, 5.41) is 6.94. The van der Waals surface area contributed by atoms with Crippen molar-refractivity contribution in [3.8, 4) is 28.6 Å². The third-order valence-corrected chi connectivity index (χ3v) is 16.4. The van der Waals surface area contributed by atoms with Gasteiger partial charge in [0.15, 0.2) is 14.2 Å². The Kier molecular flexibility index (Phi) is 7.59. The number of aromatic nitrogens is 4. The molecular formula is C50H35FN4OSi. The van der Waals surface area contributed by atoms with E-state index in [0.717, 1.165) is 66.7 Å². The lowest BCUT2D eigenvalue weighted by Crippen LogP contribution is -2.76. The van der Waals surface area contributed by atoms with Gasteiger partial charge in [-0.25, -0.2) is 14.4 Å². The highest BCUT2D eigenvalue weighted by Gasteiger charge is 2.48. The summed E-state index contributed by atoms with van der Waals surface area (Å²) in [7, 11) is -0.912. The van der Waals surface area contributed by atoms with Crippen molar-refractivity contribution < 1.29 is 9.13 Å². The van der Waals surface area contributed by atoms with Gasteiger partial charge in [-0.15, -0.1) is 0 Å². The van der Waals surface area contributed by atoms with E-state index in [4.69, 9.17) is 14.7 Å². The fourth-order valence-corrected chi connectivity index (χ4v) is 14.0. The molecule has 0 aliphatic carbocycles. The van der Waals surface area contributed by atoms with E-state index in [9.17, 15) is 0 Å². The fraction of sp³-hybridized carbons (Fsp3) is 0.0400. The van der Waals surface area contributed by atoms with Gasteiger partial charge >= 0.3 is 0 Å². The molecule has 0 amide bonds. The van der Waals surface area contributed by atoms with E-state index in [1.165, 1.54) is 15.6 Å². The lowest BCUT2D eigenvalue weighted by molar-refractivity contribution is 0.402. The topological polar surface area (TPSA) is 44.9 Å². The Bertz CT molecular complexity index is 3120. The van der Waals surface area contributed by atoms with Gasteiger partial charge in [-0.3, -0.25) is 4.57 Å². The van der Waals surface area contributed by atoms with E-state index in [2.05, 4.69) is 118 Å². The SMILES string of the molecule is Cn1c(-c2cccc(C(F)c3cccc(-n4c5cc6c(cc5c5cccnc54)Oc4ccccc4[Si]6(c4ccccc4)c4ccccc4)c3)c2)nc2ccccc21. The Hall–Kier alpha value is -7.09. The summed E-state index contributed by atoms with van der Waals surface area (Å²) < 4.78 is 28.0. The van der Waals surface area contributed by atoms with Crippen LogP contribution in [0.2, 0.25) is 0 Å². The highest BCUT2D eigenvalue weighted by molar-refractivity contribution is 7.20. The van der Waals surface area contributed by atoms with Crippen LogP contribution in [0.1, 0.15) is 17.3 Å². The maximum Gasteiger partial charge on any atom is 0.188 e. The summed E-state index contributed by atoms with van der Waals surface area (Å²) in [6, 6.07) is 62.4. The summed E-state index contributed by atoms with van der Waals surface area (Å²) in [6.07, 6.45) is 0.459. The van der Waals surface area contributed by atoms with Crippen LogP contribution in [0.25, 0.3) is 50.0 Å². The van der Waals surface area contributed by atoms with Gasteiger partial charge in [0.2, 0.25) is 0 Å². The number of rotatable bonds is 6. The van der Waals surface area contributed by atoms with Crippen molar-refractivity contribution in [2.75, 3.05) is 0 Å². The lowest BCUT2D eigenvalue weighted by Gasteiger charge is -2.39. The second-order valence-corrected chi connectivity index (χ2v) is 18.5. The first kappa shape index (κ1) is 33.3. The van der Waals surface area contributed by atoms with Crippen LogP contribution in [-0.2, 0) is 7.05 Å². The van der Waals surface area contributed by atoms with E-state index in [1.54, 1.807) is 0 Å². The summed E-state index contributed by atoms with van der Waals surface area (Å²) in [5.74, 6) is 2.53. The normalized spacial score (nSPS) is 13.6. The van der Waals surface area contributed by atoms with E-state index in [0.29, 0.717) is 11.1 Å². The maximum absolute atomic E-state index is 16.9. The van der Waals surface area contributed by atoms with Gasteiger partial charge in [0, 0.05) is 35.3 Å². The predicted molar refractivity (Wildman–Crippen MR) is 231 cm³/mol. The van der Waals surface area contributed by atoms with Crippen LogP contribution in [0.3, 0.4) is 0 Å². The number of halogens is 1. The van der Waals surface area contributed by atoms with Crippen molar-refractivity contribution in [3.63, 3.8) is 0 Å². The molecule has 0 saturated carbocycles. The van der Waals surface area contributed by atoms with E-state index in [-0.39, 0.29) is 0 Å². The molecular weight excluding hydrogens is 720 g/mol. The lowest BCUT2D eigenvalue weighted by atomic mass is 10.00. The number of para-hydroxylation sites is 3. The fourth-order valence-electron chi connectivity index (χ4n) is 9.05. The molecule has 0 saturated heterocycles. The molecule has 0 bridgehead atoms. The molecule has 7 heteroatoms. The number of aryl methyl sites for hydroxylation is 1. The second-order valence-electron chi connectivity index (χ2n) is 14.7. The molecule has 0 N–H and O–H groups in total. The van der Waals surface area contributed by atoms with Gasteiger partial charge in [-0.1, -0.05) is 121 Å². The molecule has 3 aromatic heterocycles. The third kappa shape index (κ3) is 5.05. The molecule has 4 heterocycles. The van der Waals surface area contributed by atoms with Gasteiger partial charge in [0.1, 0.15) is 23.0 Å². The average molecular weight is 755 g/mol. The molecule has 0 spiro atoms. The molecule has 11 rings (SSSR count). The highest BCUT2D eigenvalue weighted by atomic mass is 28.3. The summed E-state index contributed by atoms with van der Waals surface area (Å²) >= 11 is 0. The molecule has 1 aliphatic heterocycles. The summed E-state index contributed by atoms with van der Waals surface area (Å²) in [5.41, 5.74) is 6.58. The highest BCUT2D eigenvalue weighted by Crippen LogP contribution is 2.38. The van der Waals surface area contributed by atoms with Crippen LogP contribution < -0.4 is 25.5 Å². The maximum atomic E-state index is 16.9. The van der Waals surface area contributed by atoms with Gasteiger partial charge < -0.3 is 9.30 Å². The predicted octanol–water partition coefficient (Wildman–Crippen LogP) is 9.27. The van der Waals surface area contributed by atoms with E-state index >= 15 is 4.39 Å². The van der Waals surface area contributed by atoms with Gasteiger partial charge in [0.25, 0.3) is 0 Å². The number of hydrogen-bond acceptors (Lipinski definition) is 3. The molecule has 1 unspecified atom stereocenters. The molecule has 272 valence electrons.